The molecule has 4 rings (SSSR count). The summed E-state index contributed by atoms with van der Waals surface area (Å²) in [6.07, 6.45) is 3.02. The Kier molecular flexibility index (Phi) is 5.90. The first-order chi connectivity index (χ1) is 14.4. The summed E-state index contributed by atoms with van der Waals surface area (Å²) in [5, 5.41) is 0.523. The topological polar surface area (TPSA) is 78.1 Å². The van der Waals surface area contributed by atoms with Crippen LogP contribution in [0.5, 0.6) is 5.75 Å². The highest BCUT2D eigenvalue weighted by molar-refractivity contribution is 9.11. The van der Waals surface area contributed by atoms with Gasteiger partial charge in [0.2, 0.25) is 0 Å². The number of furan rings is 1. The fourth-order valence-corrected chi connectivity index (χ4v) is 4.08. The number of esters is 2. The molecular formula is C21H10Br2ClNO5. The first-order valence-electron chi connectivity index (χ1n) is 8.44. The van der Waals surface area contributed by atoms with Crippen LogP contribution in [0.15, 0.2) is 78.8 Å². The largest absolute Gasteiger partial charge is 0.459 e. The summed E-state index contributed by atoms with van der Waals surface area (Å²) < 4.78 is 16.8. The second kappa shape index (κ2) is 8.59. The lowest BCUT2D eigenvalue weighted by Gasteiger charge is -2.10. The van der Waals surface area contributed by atoms with Gasteiger partial charge >= 0.3 is 11.9 Å². The lowest BCUT2D eigenvalue weighted by molar-refractivity contribution is -0.130. The fraction of sp³-hybridized carbons (Fsp3) is 0. The van der Waals surface area contributed by atoms with Crippen LogP contribution in [0.2, 0.25) is 5.02 Å². The number of benzene rings is 2. The summed E-state index contributed by atoms with van der Waals surface area (Å²) in [5.74, 6) is -0.370. The second-order valence-electron chi connectivity index (χ2n) is 6.02. The van der Waals surface area contributed by atoms with Crippen LogP contribution >= 0.6 is 43.5 Å². The molecule has 0 N–H and O–H groups in total. The molecule has 2 aromatic carbocycles. The third-order valence-electron chi connectivity index (χ3n) is 3.95. The predicted octanol–water partition coefficient (Wildman–Crippen LogP) is 6.02. The zero-order valence-corrected chi connectivity index (χ0v) is 18.8. The lowest BCUT2D eigenvalue weighted by atomic mass is 10.2. The zero-order chi connectivity index (χ0) is 21.3. The summed E-state index contributed by atoms with van der Waals surface area (Å²) >= 11 is 12.6. The number of aliphatic imine (C=N–C) groups is 1. The Hall–Kier alpha value is -2.68. The molecule has 0 unspecified atom stereocenters. The minimum Gasteiger partial charge on any atom is -0.459 e. The third kappa shape index (κ3) is 4.40. The first-order valence-corrected chi connectivity index (χ1v) is 10.4. The summed E-state index contributed by atoms with van der Waals surface area (Å²) in [7, 11) is 0. The Bertz CT molecular complexity index is 1180. The number of hydrogen-bond acceptors (Lipinski definition) is 6. The molecule has 0 radical (unpaired) electrons. The van der Waals surface area contributed by atoms with Crippen molar-refractivity contribution in [2.24, 2.45) is 4.99 Å². The van der Waals surface area contributed by atoms with Gasteiger partial charge in [0.1, 0.15) is 0 Å². The van der Waals surface area contributed by atoms with Gasteiger partial charge in [-0.15, -0.1) is 0 Å². The third-order valence-corrected chi connectivity index (χ3v) is 5.38. The molecule has 6 nitrogen and oxygen atoms in total. The number of hydrogen-bond donors (Lipinski definition) is 0. The van der Waals surface area contributed by atoms with Gasteiger partial charge in [0.25, 0.3) is 5.90 Å². The van der Waals surface area contributed by atoms with E-state index in [-0.39, 0.29) is 11.6 Å². The van der Waals surface area contributed by atoms with Crippen LogP contribution in [-0.2, 0) is 9.53 Å². The highest BCUT2D eigenvalue weighted by Gasteiger charge is 2.26. The van der Waals surface area contributed by atoms with E-state index >= 15 is 0 Å². The standard InChI is InChI=1S/C21H10Br2ClNO5/c22-14-8-11(10-16-21(27)30-19(25-16)17-2-1-7-28-17)9-15(23)18(14)29-20(26)12-3-5-13(24)6-4-12/h1-10H/b16-10-. The van der Waals surface area contributed by atoms with E-state index in [1.165, 1.54) is 6.26 Å². The Morgan fingerprint density at radius 1 is 1.10 bits per heavy atom. The maximum Gasteiger partial charge on any atom is 0.363 e. The van der Waals surface area contributed by atoms with Crippen molar-refractivity contribution in [3.63, 3.8) is 0 Å². The van der Waals surface area contributed by atoms with Crippen molar-refractivity contribution in [1.82, 2.24) is 0 Å². The van der Waals surface area contributed by atoms with E-state index in [2.05, 4.69) is 36.9 Å². The highest BCUT2D eigenvalue weighted by Crippen LogP contribution is 2.36. The first kappa shape index (κ1) is 20.6. The molecule has 0 amide bonds. The number of halogens is 3. The van der Waals surface area contributed by atoms with Gasteiger partial charge in [0, 0.05) is 5.02 Å². The summed E-state index contributed by atoms with van der Waals surface area (Å²) in [6, 6.07) is 13.1. The van der Waals surface area contributed by atoms with E-state index in [1.807, 2.05) is 0 Å². The molecule has 0 saturated carbocycles. The van der Waals surface area contributed by atoms with Crippen LogP contribution in [0.25, 0.3) is 6.08 Å². The lowest BCUT2D eigenvalue weighted by Crippen LogP contribution is -2.09. The summed E-state index contributed by atoms with van der Waals surface area (Å²) in [5.41, 5.74) is 1.11. The Morgan fingerprint density at radius 2 is 1.80 bits per heavy atom. The van der Waals surface area contributed by atoms with E-state index in [0.29, 0.717) is 36.6 Å². The van der Waals surface area contributed by atoms with Crippen LogP contribution in [0.1, 0.15) is 21.7 Å². The Labute approximate surface area is 192 Å². The molecule has 0 atom stereocenters. The predicted molar refractivity (Wildman–Crippen MR) is 118 cm³/mol. The van der Waals surface area contributed by atoms with Crippen LogP contribution < -0.4 is 4.74 Å². The van der Waals surface area contributed by atoms with E-state index in [4.69, 9.17) is 25.5 Å². The molecule has 0 spiro atoms. The van der Waals surface area contributed by atoms with Gasteiger partial charge in [0.05, 0.1) is 20.8 Å². The molecule has 150 valence electrons. The molecule has 1 aliphatic rings. The second-order valence-corrected chi connectivity index (χ2v) is 8.17. The van der Waals surface area contributed by atoms with Crippen LogP contribution in [0.4, 0.5) is 0 Å². The minimum absolute atomic E-state index is 0.0999. The van der Waals surface area contributed by atoms with Crippen molar-refractivity contribution in [2.75, 3.05) is 0 Å². The molecule has 9 heteroatoms. The van der Waals surface area contributed by atoms with Gasteiger partial charge in [-0.25, -0.2) is 14.6 Å². The molecule has 0 saturated heterocycles. The van der Waals surface area contributed by atoms with E-state index in [0.717, 1.165) is 0 Å². The molecule has 1 aliphatic heterocycles. The monoisotopic (exact) mass is 549 g/mol. The Balaban J connectivity index is 1.58. The number of ether oxygens (including phenoxy) is 2. The fourth-order valence-electron chi connectivity index (χ4n) is 2.57. The van der Waals surface area contributed by atoms with Crippen LogP contribution in [-0.4, -0.2) is 17.8 Å². The zero-order valence-electron chi connectivity index (χ0n) is 14.9. The number of cyclic esters (lactones) is 1. The van der Waals surface area contributed by atoms with Gasteiger partial charge in [-0.2, -0.15) is 0 Å². The average molecular weight is 552 g/mol. The van der Waals surface area contributed by atoms with Crippen molar-refractivity contribution in [2.45, 2.75) is 0 Å². The molecular weight excluding hydrogens is 541 g/mol. The molecule has 30 heavy (non-hydrogen) atoms. The Morgan fingerprint density at radius 3 is 2.43 bits per heavy atom. The van der Waals surface area contributed by atoms with Gasteiger partial charge in [-0.05, 0) is 92.0 Å². The van der Waals surface area contributed by atoms with Gasteiger partial charge < -0.3 is 13.9 Å². The average Bonchev–Trinajstić information content (AvgIpc) is 3.35. The smallest absolute Gasteiger partial charge is 0.363 e. The normalized spacial score (nSPS) is 14.6. The highest BCUT2D eigenvalue weighted by atomic mass is 79.9. The summed E-state index contributed by atoms with van der Waals surface area (Å²) in [4.78, 5) is 28.6. The van der Waals surface area contributed by atoms with Crippen molar-refractivity contribution in [3.05, 3.63) is 91.3 Å². The van der Waals surface area contributed by atoms with Gasteiger partial charge in [-0.1, -0.05) is 11.6 Å². The van der Waals surface area contributed by atoms with Crippen molar-refractivity contribution in [1.29, 1.82) is 0 Å². The quantitative estimate of drug-likeness (QED) is 0.225. The van der Waals surface area contributed by atoms with Crippen LogP contribution in [0.3, 0.4) is 0 Å². The van der Waals surface area contributed by atoms with E-state index in [1.54, 1.807) is 54.6 Å². The van der Waals surface area contributed by atoms with Gasteiger partial charge in [0.15, 0.2) is 17.2 Å². The van der Waals surface area contributed by atoms with Crippen molar-refractivity contribution >= 4 is 67.4 Å². The molecule has 0 fully saturated rings. The van der Waals surface area contributed by atoms with Crippen molar-refractivity contribution < 1.29 is 23.5 Å². The SMILES string of the molecule is O=C1OC(c2ccco2)=N/C1=C\c1cc(Br)c(OC(=O)c2ccc(Cl)cc2)c(Br)c1. The van der Waals surface area contributed by atoms with E-state index < -0.39 is 11.9 Å². The van der Waals surface area contributed by atoms with Crippen LogP contribution in [0, 0.1) is 0 Å². The molecule has 0 aliphatic carbocycles. The minimum atomic E-state index is -0.591. The summed E-state index contributed by atoms with van der Waals surface area (Å²) in [6.45, 7) is 0. The number of nitrogens with zero attached hydrogens (tertiary/aromatic N) is 1. The number of rotatable bonds is 4. The maximum absolute atomic E-state index is 12.4. The van der Waals surface area contributed by atoms with Gasteiger partial charge in [-0.3, -0.25) is 0 Å². The number of carbonyl (C=O) groups excluding carboxylic acids is 2. The number of carbonyl (C=O) groups is 2. The van der Waals surface area contributed by atoms with Crippen molar-refractivity contribution in [3.8, 4) is 5.75 Å². The van der Waals surface area contributed by atoms with E-state index in [9.17, 15) is 9.59 Å². The molecule has 0 bridgehead atoms. The molecule has 2 heterocycles. The molecule has 3 aromatic rings. The maximum atomic E-state index is 12.4. The molecule has 1 aromatic heterocycles.